The van der Waals surface area contributed by atoms with Gasteiger partial charge in [-0.2, -0.15) is 13.2 Å². The number of carbonyl (C=O) groups is 1. The Morgan fingerprint density at radius 3 is 2.84 bits per heavy atom. The van der Waals surface area contributed by atoms with E-state index in [1.54, 1.807) is 16.7 Å². The van der Waals surface area contributed by atoms with Crippen molar-refractivity contribution in [2.24, 2.45) is 11.5 Å². The van der Waals surface area contributed by atoms with Crippen molar-refractivity contribution in [3.8, 4) is 0 Å². The lowest BCUT2D eigenvalue weighted by Gasteiger charge is -2.12. The van der Waals surface area contributed by atoms with E-state index in [-0.39, 0.29) is 6.42 Å². The highest BCUT2D eigenvalue weighted by molar-refractivity contribution is 7.99. The van der Waals surface area contributed by atoms with Crippen molar-refractivity contribution in [1.82, 2.24) is 9.38 Å². The van der Waals surface area contributed by atoms with Crippen LogP contribution in [-0.2, 0) is 11.0 Å². The number of carbonyl (C=O) groups excluding carboxylic acids is 1. The summed E-state index contributed by atoms with van der Waals surface area (Å²) in [6.45, 7) is 0. The van der Waals surface area contributed by atoms with Crippen LogP contribution in [0.2, 0.25) is 0 Å². The third kappa shape index (κ3) is 3.80. The topological polar surface area (TPSA) is 86.4 Å². The molecule has 0 saturated carbocycles. The predicted octanol–water partition coefficient (Wildman–Crippen LogP) is 3.44. The first-order chi connectivity index (χ1) is 11.8. The number of alkyl halides is 3. The molecule has 1 aromatic carbocycles. The highest BCUT2D eigenvalue weighted by Gasteiger charge is 2.30. The lowest BCUT2D eigenvalue weighted by molar-refractivity contribution is -0.137. The van der Waals surface area contributed by atoms with Gasteiger partial charge in [-0.25, -0.2) is 4.98 Å². The van der Waals surface area contributed by atoms with Gasteiger partial charge in [-0.15, -0.1) is 11.3 Å². The fourth-order valence-electron chi connectivity index (χ4n) is 2.36. The number of benzene rings is 1. The Morgan fingerprint density at radius 1 is 1.40 bits per heavy atom. The molecule has 132 valence electrons. The predicted molar refractivity (Wildman–Crippen MR) is 89.4 cm³/mol. The molecule has 0 aliphatic heterocycles. The molecule has 3 aromatic rings. The normalized spacial score (nSPS) is 13.3. The van der Waals surface area contributed by atoms with Crippen LogP contribution < -0.4 is 11.5 Å². The van der Waals surface area contributed by atoms with E-state index in [0.29, 0.717) is 20.6 Å². The van der Waals surface area contributed by atoms with Gasteiger partial charge in [0.05, 0.1) is 17.3 Å². The summed E-state index contributed by atoms with van der Waals surface area (Å²) in [6, 6.07) is 4.27. The summed E-state index contributed by atoms with van der Waals surface area (Å²) in [6.07, 6.45) is -2.75. The SMILES string of the molecule is NC(=O)CC(N)c1c(Sc2cccc(C(F)(F)F)c2)nc2sccn12. The highest BCUT2D eigenvalue weighted by atomic mass is 32.2. The van der Waals surface area contributed by atoms with Crippen molar-refractivity contribution in [2.45, 2.75) is 28.6 Å². The van der Waals surface area contributed by atoms with E-state index >= 15 is 0 Å². The zero-order valence-electron chi connectivity index (χ0n) is 12.7. The Balaban J connectivity index is 1.99. The molecule has 0 aliphatic rings. The number of fused-ring (bicyclic) bond motifs is 1. The third-order valence-electron chi connectivity index (χ3n) is 3.41. The number of rotatable bonds is 5. The van der Waals surface area contributed by atoms with Gasteiger partial charge in [-0.3, -0.25) is 9.20 Å². The molecule has 0 spiro atoms. The smallest absolute Gasteiger partial charge is 0.370 e. The molecule has 0 aliphatic carbocycles. The fraction of sp³-hybridized carbons (Fsp3) is 0.200. The van der Waals surface area contributed by atoms with Crippen LogP contribution in [0.5, 0.6) is 0 Å². The summed E-state index contributed by atoms with van der Waals surface area (Å²) in [5, 5.41) is 2.27. The zero-order valence-corrected chi connectivity index (χ0v) is 14.3. The van der Waals surface area contributed by atoms with Crippen molar-refractivity contribution < 1.29 is 18.0 Å². The van der Waals surface area contributed by atoms with Crippen LogP contribution in [0.1, 0.15) is 23.7 Å². The Labute approximate surface area is 148 Å². The van der Waals surface area contributed by atoms with Gasteiger partial charge in [0.25, 0.3) is 0 Å². The van der Waals surface area contributed by atoms with Crippen molar-refractivity contribution in [2.75, 3.05) is 0 Å². The monoisotopic (exact) mass is 386 g/mol. The molecular formula is C15H13F3N4OS2. The quantitative estimate of drug-likeness (QED) is 0.703. The number of nitrogens with zero attached hydrogens (tertiary/aromatic N) is 2. The number of nitrogens with two attached hydrogens (primary N) is 2. The Morgan fingerprint density at radius 2 is 2.16 bits per heavy atom. The maximum atomic E-state index is 12.9. The van der Waals surface area contributed by atoms with Crippen molar-refractivity contribution in [3.63, 3.8) is 0 Å². The number of thiazole rings is 1. The standard InChI is InChI=1S/C15H13F3N4OS2/c16-15(17,18)8-2-1-3-9(6-8)25-13-12(10(19)7-11(20)23)22-4-5-24-14(22)21-13/h1-6,10H,7,19H2,(H2,20,23). The molecular weight excluding hydrogens is 373 g/mol. The van der Waals surface area contributed by atoms with Crippen LogP contribution in [0.4, 0.5) is 13.2 Å². The van der Waals surface area contributed by atoms with E-state index in [1.807, 2.05) is 5.38 Å². The molecule has 2 heterocycles. The van der Waals surface area contributed by atoms with Gasteiger partial charge in [0.1, 0.15) is 5.03 Å². The Kier molecular flexibility index (Phi) is 4.76. The van der Waals surface area contributed by atoms with Gasteiger partial charge >= 0.3 is 6.18 Å². The maximum absolute atomic E-state index is 12.9. The van der Waals surface area contributed by atoms with E-state index in [9.17, 15) is 18.0 Å². The van der Waals surface area contributed by atoms with E-state index in [4.69, 9.17) is 11.5 Å². The van der Waals surface area contributed by atoms with E-state index in [2.05, 4.69) is 4.98 Å². The van der Waals surface area contributed by atoms with Crippen molar-refractivity contribution >= 4 is 34.0 Å². The first-order valence-corrected chi connectivity index (χ1v) is 8.80. The number of imidazole rings is 1. The van der Waals surface area contributed by atoms with Crippen LogP contribution in [0.15, 0.2) is 45.8 Å². The molecule has 1 amide bonds. The molecule has 25 heavy (non-hydrogen) atoms. The average molecular weight is 386 g/mol. The van der Waals surface area contributed by atoms with Crippen LogP contribution >= 0.6 is 23.1 Å². The van der Waals surface area contributed by atoms with Crippen molar-refractivity contribution in [1.29, 1.82) is 0 Å². The molecule has 0 saturated heterocycles. The van der Waals surface area contributed by atoms with Crippen LogP contribution in [-0.4, -0.2) is 15.3 Å². The molecule has 0 fully saturated rings. The van der Waals surface area contributed by atoms with Gasteiger partial charge < -0.3 is 11.5 Å². The van der Waals surface area contributed by atoms with Gasteiger partial charge in [0.2, 0.25) is 5.91 Å². The summed E-state index contributed by atoms with van der Waals surface area (Å²) in [5.74, 6) is -0.562. The molecule has 10 heteroatoms. The van der Waals surface area contributed by atoms with Gasteiger partial charge in [-0.05, 0) is 18.2 Å². The summed E-state index contributed by atoms with van der Waals surface area (Å²) >= 11 is 2.44. The number of aromatic nitrogens is 2. The number of hydrogen-bond donors (Lipinski definition) is 2. The molecule has 0 radical (unpaired) electrons. The number of primary amides is 1. The molecule has 1 atom stereocenters. The van der Waals surface area contributed by atoms with Crippen molar-refractivity contribution in [3.05, 3.63) is 47.1 Å². The summed E-state index contributed by atoms with van der Waals surface area (Å²) in [4.78, 5) is 16.6. The summed E-state index contributed by atoms with van der Waals surface area (Å²) < 4.78 is 40.4. The molecule has 3 rings (SSSR count). The van der Waals surface area contributed by atoms with E-state index in [1.165, 1.54) is 17.4 Å². The number of halogens is 3. The molecule has 5 nitrogen and oxygen atoms in total. The molecule has 0 bridgehead atoms. The molecule has 4 N–H and O–H groups in total. The third-order valence-corrected chi connectivity index (χ3v) is 5.15. The Bertz CT molecular complexity index is 919. The Hall–Kier alpha value is -2.04. The van der Waals surface area contributed by atoms with Crippen LogP contribution in [0.3, 0.4) is 0 Å². The van der Waals surface area contributed by atoms with E-state index in [0.717, 1.165) is 23.9 Å². The number of hydrogen-bond acceptors (Lipinski definition) is 5. The fourth-order valence-corrected chi connectivity index (χ4v) is 4.18. The second-order valence-electron chi connectivity index (χ2n) is 5.26. The lowest BCUT2D eigenvalue weighted by atomic mass is 10.1. The minimum Gasteiger partial charge on any atom is -0.370 e. The number of amides is 1. The largest absolute Gasteiger partial charge is 0.416 e. The van der Waals surface area contributed by atoms with Gasteiger partial charge in [0.15, 0.2) is 4.96 Å². The van der Waals surface area contributed by atoms with Crippen LogP contribution in [0, 0.1) is 0 Å². The second kappa shape index (κ2) is 6.70. The first kappa shape index (κ1) is 17.8. The average Bonchev–Trinajstić information content (AvgIpc) is 3.06. The summed E-state index contributed by atoms with van der Waals surface area (Å²) in [5.41, 5.74) is 11.1. The lowest BCUT2D eigenvalue weighted by Crippen LogP contribution is -2.22. The summed E-state index contributed by atoms with van der Waals surface area (Å²) in [7, 11) is 0. The minimum atomic E-state index is -4.42. The van der Waals surface area contributed by atoms with Gasteiger partial charge in [-0.1, -0.05) is 17.8 Å². The maximum Gasteiger partial charge on any atom is 0.416 e. The molecule has 1 unspecified atom stereocenters. The van der Waals surface area contributed by atoms with Crippen LogP contribution in [0.25, 0.3) is 4.96 Å². The first-order valence-electron chi connectivity index (χ1n) is 7.10. The van der Waals surface area contributed by atoms with Gasteiger partial charge in [0, 0.05) is 22.9 Å². The van der Waals surface area contributed by atoms with E-state index < -0.39 is 23.7 Å². The highest BCUT2D eigenvalue weighted by Crippen LogP contribution is 2.37. The second-order valence-corrected chi connectivity index (χ2v) is 7.20. The molecule has 2 aromatic heterocycles. The minimum absolute atomic E-state index is 0.0835. The zero-order chi connectivity index (χ0) is 18.2.